The molecule has 1 saturated heterocycles. The normalized spacial score (nSPS) is 20.2. The lowest BCUT2D eigenvalue weighted by molar-refractivity contribution is 0.000193. The zero-order valence-electron chi connectivity index (χ0n) is 9.89. The largest absolute Gasteiger partial charge is 0.491 e. The summed E-state index contributed by atoms with van der Waals surface area (Å²) in [7, 11) is 0. The minimum Gasteiger partial charge on any atom is -0.491 e. The topological polar surface area (TPSA) is 50.7 Å². The van der Waals surface area contributed by atoms with Gasteiger partial charge in [-0.2, -0.15) is 0 Å². The molecule has 1 aliphatic rings. The molecule has 94 valence electrons. The molecule has 1 aromatic rings. The van der Waals surface area contributed by atoms with Crippen molar-refractivity contribution >= 4 is 0 Å². The van der Waals surface area contributed by atoms with Gasteiger partial charge in [0.05, 0.1) is 6.61 Å². The second-order valence-electron chi connectivity index (χ2n) is 4.13. The minimum absolute atomic E-state index is 0.140. The van der Waals surface area contributed by atoms with Gasteiger partial charge in [-0.3, -0.25) is 0 Å². The van der Waals surface area contributed by atoms with Crippen molar-refractivity contribution in [2.45, 2.75) is 12.5 Å². The molecule has 1 unspecified atom stereocenters. The van der Waals surface area contributed by atoms with Crippen LogP contribution in [0.15, 0.2) is 24.3 Å². The lowest BCUT2D eigenvalue weighted by atomic mass is 10.1. The fourth-order valence-electron chi connectivity index (χ4n) is 1.80. The van der Waals surface area contributed by atoms with Crippen LogP contribution in [0, 0.1) is 0 Å². The van der Waals surface area contributed by atoms with Gasteiger partial charge < -0.3 is 19.9 Å². The zero-order valence-corrected chi connectivity index (χ0v) is 9.89. The smallest absolute Gasteiger partial charge is 0.119 e. The van der Waals surface area contributed by atoms with Crippen LogP contribution < -0.4 is 10.1 Å². The average molecular weight is 237 g/mol. The second-order valence-corrected chi connectivity index (χ2v) is 4.13. The van der Waals surface area contributed by atoms with Gasteiger partial charge in [-0.15, -0.1) is 0 Å². The van der Waals surface area contributed by atoms with E-state index in [1.807, 2.05) is 24.3 Å². The van der Waals surface area contributed by atoms with Crippen molar-refractivity contribution in [3.05, 3.63) is 29.8 Å². The molecule has 17 heavy (non-hydrogen) atoms. The lowest BCUT2D eigenvalue weighted by Gasteiger charge is -2.23. The van der Waals surface area contributed by atoms with Crippen LogP contribution in [0.2, 0.25) is 0 Å². The summed E-state index contributed by atoms with van der Waals surface area (Å²) in [6.45, 7) is 3.28. The summed E-state index contributed by atoms with van der Waals surface area (Å²) >= 11 is 0. The number of ether oxygens (including phenoxy) is 2. The van der Waals surface area contributed by atoms with E-state index < -0.39 is 0 Å². The van der Waals surface area contributed by atoms with Crippen molar-refractivity contribution in [2.75, 3.05) is 32.9 Å². The fourth-order valence-corrected chi connectivity index (χ4v) is 1.80. The summed E-state index contributed by atoms with van der Waals surface area (Å²) in [5, 5.41) is 12.1. The zero-order chi connectivity index (χ0) is 11.9. The van der Waals surface area contributed by atoms with Crippen molar-refractivity contribution in [3.8, 4) is 5.75 Å². The molecule has 4 heteroatoms. The Labute approximate surface area is 102 Å². The van der Waals surface area contributed by atoms with E-state index in [0.717, 1.165) is 31.0 Å². The van der Waals surface area contributed by atoms with Crippen LogP contribution in [0.1, 0.15) is 5.56 Å². The van der Waals surface area contributed by atoms with E-state index in [0.29, 0.717) is 13.0 Å². The summed E-state index contributed by atoms with van der Waals surface area (Å²) in [5.74, 6) is 0.848. The monoisotopic (exact) mass is 237 g/mol. The third kappa shape index (κ3) is 4.00. The van der Waals surface area contributed by atoms with Gasteiger partial charge in [-0.25, -0.2) is 0 Å². The maximum atomic E-state index is 8.81. The van der Waals surface area contributed by atoms with Crippen LogP contribution in [0.4, 0.5) is 0 Å². The molecule has 4 nitrogen and oxygen atoms in total. The molecule has 0 aromatic heterocycles. The Morgan fingerprint density at radius 2 is 2.18 bits per heavy atom. The number of morpholine rings is 1. The van der Waals surface area contributed by atoms with E-state index in [4.69, 9.17) is 14.6 Å². The molecular formula is C13H19NO3. The highest BCUT2D eigenvalue weighted by molar-refractivity contribution is 5.27. The molecule has 1 fully saturated rings. The van der Waals surface area contributed by atoms with E-state index in [-0.39, 0.29) is 12.7 Å². The average Bonchev–Trinajstić information content (AvgIpc) is 2.40. The predicted octanol–water partition coefficient (Wildman–Crippen LogP) is 0.589. The van der Waals surface area contributed by atoms with Crippen molar-refractivity contribution in [1.29, 1.82) is 0 Å². The van der Waals surface area contributed by atoms with E-state index >= 15 is 0 Å². The molecule has 0 saturated carbocycles. The third-order valence-electron chi connectivity index (χ3n) is 2.76. The molecular weight excluding hydrogens is 218 g/mol. The highest BCUT2D eigenvalue weighted by atomic mass is 16.5. The minimum atomic E-state index is 0.140. The van der Waals surface area contributed by atoms with Crippen molar-refractivity contribution < 1.29 is 14.6 Å². The first kappa shape index (κ1) is 12.4. The molecule has 0 bridgehead atoms. The summed E-state index contributed by atoms with van der Waals surface area (Å²) in [6, 6.07) is 7.82. The Hall–Kier alpha value is -1.10. The van der Waals surface area contributed by atoms with Gasteiger partial charge in [0, 0.05) is 19.7 Å². The lowest BCUT2D eigenvalue weighted by Crippen LogP contribution is -2.41. The molecule has 2 N–H and O–H groups in total. The summed E-state index contributed by atoms with van der Waals surface area (Å²) in [5.41, 5.74) is 1.12. The molecule has 0 aliphatic carbocycles. The third-order valence-corrected chi connectivity index (χ3v) is 2.76. The Balaban J connectivity index is 1.77. The predicted molar refractivity (Wildman–Crippen MR) is 65.3 cm³/mol. The number of aliphatic hydroxyl groups excluding tert-OH is 1. The highest BCUT2D eigenvalue weighted by Gasteiger charge is 2.13. The molecule has 0 radical (unpaired) electrons. The summed E-state index contributed by atoms with van der Waals surface area (Å²) in [6.07, 6.45) is 0.830. The van der Waals surface area contributed by atoms with E-state index in [2.05, 4.69) is 5.32 Å². The summed E-state index contributed by atoms with van der Waals surface area (Å²) < 4.78 is 11.2. The van der Waals surface area contributed by atoms with Gasteiger partial charge in [0.25, 0.3) is 0 Å². The van der Waals surface area contributed by atoms with E-state index in [9.17, 15) is 0 Å². The SMILES string of the molecule is OCCc1ccc(OCC2CNCCO2)cc1. The quantitative estimate of drug-likeness (QED) is 0.787. The molecule has 1 aliphatic heterocycles. The van der Waals surface area contributed by atoms with Crippen molar-refractivity contribution in [1.82, 2.24) is 5.32 Å². The van der Waals surface area contributed by atoms with Crippen LogP contribution in [0.25, 0.3) is 0 Å². The van der Waals surface area contributed by atoms with E-state index in [1.165, 1.54) is 0 Å². The van der Waals surface area contributed by atoms with Crippen LogP contribution in [0.3, 0.4) is 0 Å². The molecule has 0 spiro atoms. The maximum absolute atomic E-state index is 8.81. The Bertz CT molecular complexity index is 320. The molecule has 1 atom stereocenters. The van der Waals surface area contributed by atoms with Gasteiger partial charge >= 0.3 is 0 Å². The number of hydrogen-bond donors (Lipinski definition) is 2. The molecule has 0 amide bonds. The van der Waals surface area contributed by atoms with Gasteiger partial charge in [-0.1, -0.05) is 12.1 Å². The standard InChI is InChI=1S/C13H19NO3/c15-7-5-11-1-3-12(4-2-11)17-10-13-9-14-6-8-16-13/h1-4,13-15H,5-10H2. The Kier molecular flexibility index (Phi) is 4.79. The number of benzene rings is 1. The van der Waals surface area contributed by atoms with Crippen LogP contribution in [0.5, 0.6) is 5.75 Å². The second kappa shape index (κ2) is 6.59. The van der Waals surface area contributed by atoms with Gasteiger partial charge in [0.1, 0.15) is 18.5 Å². The van der Waals surface area contributed by atoms with Gasteiger partial charge in [-0.05, 0) is 24.1 Å². The van der Waals surface area contributed by atoms with Gasteiger partial charge in [0.2, 0.25) is 0 Å². The molecule has 1 heterocycles. The van der Waals surface area contributed by atoms with Crippen molar-refractivity contribution in [3.63, 3.8) is 0 Å². The first-order chi connectivity index (χ1) is 8.38. The van der Waals surface area contributed by atoms with Crippen LogP contribution in [-0.4, -0.2) is 44.1 Å². The first-order valence-corrected chi connectivity index (χ1v) is 6.03. The highest BCUT2D eigenvalue weighted by Crippen LogP contribution is 2.13. The van der Waals surface area contributed by atoms with E-state index in [1.54, 1.807) is 0 Å². The molecule has 2 rings (SSSR count). The van der Waals surface area contributed by atoms with Crippen LogP contribution >= 0.6 is 0 Å². The maximum Gasteiger partial charge on any atom is 0.119 e. The van der Waals surface area contributed by atoms with Crippen molar-refractivity contribution in [2.24, 2.45) is 0 Å². The Morgan fingerprint density at radius 3 is 2.82 bits per heavy atom. The Morgan fingerprint density at radius 1 is 1.35 bits per heavy atom. The number of nitrogens with one attached hydrogen (secondary N) is 1. The molecule has 1 aromatic carbocycles. The summed E-state index contributed by atoms with van der Waals surface area (Å²) in [4.78, 5) is 0. The first-order valence-electron chi connectivity index (χ1n) is 6.03. The number of rotatable bonds is 5. The number of hydrogen-bond acceptors (Lipinski definition) is 4. The van der Waals surface area contributed by atoms with Gasteiger partial charge in [0.15, 0.2) is 0 Å². The number of aliphatic hydroxyl groups is 1. The van der Waals surface area contributed by atoms with Crippen LogP contribution in [-0.2, 0) is 11.2 Å². The fraction of sp³-hybridized carbons (Fsp3) is 0.538.